The zero-order chi connectivity index (χ0) is 33.0. The Hall–Kier alpha value is -0.790. The molecule has 0 saturated heterocycles. The second kappa shape index (κ2) is 35.5. The van der Waals surface area contributed by atoms with E-state index in [1.807, 2.05) is 0 Å². The summed E-state index contributed by atoms with van der Waals surface area (Å²) in [5.41, 5.74) is 0. The Labute approximate surface area is 291 Å². The van der Waals surface area contributed by atoms with E-state index in [1.54, 1.807) is 5.82 Å². The van der Waals surface area contributed by atoms with Crippen LogP contribution < -0.4 is 4.57 Å². The predicted molar refractivity (Wildman–Crippen MR) is 207 cm³/mol. The van der Waals surface area contributed by atoms with Crippen LogP contribution in [0.4, 0.5) is 0 Å². The maximum Gasteiger partial charge on any atom is 0.256 e. The molecule has 0 aromatic carbocycles. The zero-order valence-corrected chi connectivity index (χ0v) is 32.4. The molecule has 0 unspecified atom stereocenters. The van der Waals surface area contributed by atoms with Gasteiger partial charge < -0.3 is 0 Å². The summed E-state index contributed by atoms with van der Waals surface area (Å²) in [5.74, 6) is 1.63. The van der Waals surface area contributed by atoms with Gasteiger partial charge in [0.25, 0.3) is 5.82 Å². The average Bonchev–Trinajstić information content (AvgIpc) is 3.45. The van der Waals surface area contributed by atoms with Crippen LogP contribution in [0.25, 0.3) is 0 Å². The average molecular weight is 644 g/mol. The first-order valence-electron chi connectivity index (χ1n) is 21.9. The second-order valence-electron chi connectivity index (χ2n) is 15.2. The smallest absolute Gasteiger partial charge is 0.234 e. The van der Waals surface area contributed by atoms with Gasteiger partial charge in [-0.2, -0.15) is 0 Å². The molecule has 46 heavy (non-hydrogen) atoms. The third-order valence-electron chi connectivity index (χ3n) is 10.6. The van der Waals surface area contributed by atoms with Crippen LogP contribution in [0, 0.1) is 0 Å². The van der Waals surface area contributed by atoms with Crippen LogP contribution in [0.2, 0.25) is 0 Å². The molecule has 1 heterocycles. The summed E-state index contributed by atoms with van der Waals surface area (Å²) in [6.45, 7) is 9.41. The summed E-state index contributed by atoms with van der Waals surface area (Å²) < 4.78 is 5.29. The first kappa shape index (κ1) is 43.2. The van der Waals surface area contributed by atoms with Gasteiger partial charge in [0.15, 0.2) is 0 Å². The molecular formula is C44H87N2+. The minimum atomic E-state index is 1.23. The molecule has 0 N–H and O–H groups in total. The molecule has 272 valence electrons. The SMILES string of the molecule is CCCCCCCCCCCCCCCCc1n(CCCCCCCCCCCC)cc[n+]1CCCCCCCCCCCCC. The van der Waals surface area contributed by atoms with E-state index >= 15 is 0 Å². The Kier molecular flexibility index (Phi) is 33.4. The van der Waals surface area contributed by atoms with Crippen LogP contribution in [0.5, 0.6) is 0 Å². The Balaban J connectivity index is 2.28. The summed E-state index contributed by atoms with van der Waals surface area (Å²) in [5, 5.41) is 0. The number of rotatable bonds is 38. The van der Waals surface area contributed by atoms with Gasteiger partial charge in [-0.1, -0.05) is 213 Å². The molecular weight excluding hydrogens is 556 g/mol. The first-order valence-corrected chi connectivity index (χ1v) is 21.9. The Morgan fingerprint density at radius 2 is 0.674 bits per heavy atom. The van der Waals surface area contributed by atoms with E-state index in [4.69, 9.17) is 0 Å². The van der Waals surface area contributed by atoms with Crippen molar-refractivity contribution in [1.82, 2.24) is 4.57 Å². The van der Waals surface area contributed by atoms with Crippen molar-refractivity contribution in [3.05, 3.63) is 18.2 Å². The molecule has 0 saturated carbocycles. The van der Waals surface area contributed by atoms with Crippen molar-refractivity contribution in [3.8, 4) is 0 Å². The predicted octanol–water partition coefficient (Wildman–Crippen LogP) is 15.0. The summed E-state index contributed by atoms with van der Waals surface area (Å²) >= 11 is 0. The normalized spacial score (nSPS) is 11.6. The first-order chi connectivity index (χ1) is 22.8. The molecule has 2 heteroatoms. The van der Waals surface area contributed by atoms with E-state index in [0.717, 1.165) is 0 Å². The summed E-state index contributed by atoms with van der Waals surface area (Å²) in [4.78, 5) is 0. The molecule has 1 rings (SSSR count). The van der Waals surface area contributed by atoms with Crippen molar-refractivity contribution < 1.29 is 4.57 Å². The molecule has 0 aliphatic carbocycles. The van der Waals surface area contributed by atoms with Gasteiger partial charge in [0.05, 0.1) is 13.1 Å². The lowest BCUT2D eigenvalue weighted by Gasteiger charge is -2.07. The third-order valence-corrected chi connectivity index (χ3v) is 10.6. The Morgan fingerprint density at radius 1 is 0.370 bits per heavy atom. The molecule has 0 radical (unpaired) electrons. The van der Waals surface area contributed by atoms with Crippen LogP contribution in [-0.2, 0) is 19.5 Å². The van der Waals surface area contributed by atoms with E-state index in [-0.39, 0.29) is 0 Å². The molecule has 2 nitrogen and oxygen atoms in total. The van der Waals surface area contributed by atoms with E-state index in [1.165, 1.54) is 244 Å². The van der Waals surface area contributed by atoms with Crippen molar-refractivity contribution in [1.29, 1.82) is 0 Å². The van der Waals surface area contributed by atoms with Crippen LogP contribution in [0.15, 0.2) is 12.4 Å². The summed E-state index contributed by atoms with van der Waals surface area (Å²) in [6, 6.07) is 0. The van der Waals surface area contributed by atoms with Gasteiger partial charge in [-0.05, 0) is 32.1 Å². The molecule has 0 atom stereocenters. The summed E-state index contributed by atoms with van der Waals surface area (Å²) in [6.07, 6.45) is 56.3. The fourth-order valence-electron chi connectivity index (χ4n) is 7.39. The number of hydrogen-bond donors (Lipinski definition) is 0. The number of nitrogens with zero attached hydrogens (tertiary/aromatic N) is 2. The highest BCUT2D eigenvalue weighted by molar-refractivity contribution is 4.84. The molecule has 0 spiro atoms. The van der Waals surface area contributed by atoms with Crippen LogP contribution in [0.1, 0.15) is 251 Å². The summed E-state index contributed by atoms with van der Waals surface area (Å²) in [7, 11) is 0. The standard InChI is InChI=1S/C44H87N2/c1-4-7-10-13-16-19-22-23-24-25-27-30-33-36-39-44-45(40-37-34-31-28-21-18-15-12-9-6-3)42-43-46(44)41-38-35-32-29-26-20-17-14-11-8-5-2/h42-43H,4-41H2,1-3H3/q+1. The lowest BCUT2D eigenvalue weighted by atomic mass is 10.0. The number of imidazole rings is 1. The van der Waals surface area contributed by atoms with Crippen LogP contribution >= 0.6 is 0 Å². The molecule has 1 aromatic heterocycles. The van der Waals surface area contributed by atoms with Crippen molar-refractivity contribution in [2.75, 3.05) is 0 Å². The highest BCUT2D eigenvalue weighted by Crippen LogP contribution is 2.16. The van der Waals surface area contributed by atoms with Crippen molar-refractivity contribution in [2.24, 2.45) is 0 Å². The fourth-order valence-corrected chi connectivity index (χ4v) is 7.39. The van der Waals surface area contributed by atoms with Gasteiger partial charge in [0, 0.05) is 6.42 Å². The fraction of sp³-hybridized carbons (Fsp3) is 0.932. The largest absolute Gasteiger partial charge is 0.256 e. The molecule has 0 fully saturated rings. The minimum absolute atomic E-state index is 1.23. The number of aromatic nitrogens is 2. The van der Waals surface area contributed by atoms with E-state index in [9.17, 15) is 0 Å². The van der Waals surface area contributed by atoms with Crippen molar-refractivity contribution >= 4 is 0 Å². The number of unbranched alkanes of at least 4 members (excludes halogenated alkanes) is 32. The van der Waals surface area contributed by atoms with Gasteiger partial charge >= 0.3 is 0 Å². The number of hydrogen-bond acceptors (Lipinski definition) is 0. The highest BCUT2D eigenvalue weighted by Gasteiger charge is 2.16. The van der Waals surface area contributed by atoms with E-state index < -0.39 is 0 Å². The lowest BCUT2D eigenvalue weighted by Crippen LogP contribution is -2.37. The Morgan fingerprint density at radius 3 is 1.04 bits per heavy atom. The minimum Gasteiger partial charge on any atom is -0.234 e. The van der Waals surface area contributed by atoms with Crippen LogP contribution in [-0.4, -0.2) is 4.57 Å². The van der Waals surface area contributed by atoms with E-state index in [2.05, 4.69) is 42.3 Å². The van der Waals surface area contributed by atoms with Crippen molar-refractivity contribution in [2.45, 2.75) is 265 Å². The van der Waals surface area contributed by atoms with Gasteiger partial charge in [0.2, 0.25) is 0 Å². The van der Waals surface area contributed by atoms with Crippen LogP contribution in [0.3, 0.4) is 0 Å². The molecule has 1 aromatic rings. The van der Waals surface area contributed by atoms with E-state index in [0.29, 0.717) is 0 Å². The molecule has 0 aliphatic heterocycles. The Bertz CT molecular complexity index is 707. The zero-order valence-electron chi connectivity index (χ0n) is 32.4. The maximum absolute atomic E-state index is 2.65. The molecule has 0 aliphatic rings. The number of aryl methyl sites for hydroxylation is 2. The lowest BCUT2D eigenvalue weighted by molar-refractivity contribution is -0.704. The third kappa shape index (κ3) is 27.2. The topological polar surface area (TPSA) is 8.81 Å². The van der Waals surface area contributed by atoms with Gasteiger partial charge in [-0.3, -0.25) is 0 Å². The van der Waals surface area contributed by atoms with Gasteiger partial charge in [-0.15, -0.1) is 0 Å². The quantitative estimate of drug-likeness (QED) is 0.0501. The highest BCUT2D eigenvalue weighted by atomic mass is 15.1. The molecule has 0 amide bonds. The maximum atomic E-state index is 2.65. The van der Waals surface area contributed by atoms with Gasteiger partial charge in [-0.25, -0.2) is 9.13 Å². The molecule has 0 bridgehead atoms. The van der Waals surface area contributed by atoms with Gasteiger partial charge in [0.1, 0.15) is 12.4 Å². The second-order valence-corrected chi connectivity index (χ2v) is 15.2. The van der Waals surface area contributed by atoms with Crippen molar-refractivity contribution in [3.63, 3.8) is 0 Å². The monoisotopic (exact) mass is 644 g/mol.